The summed E-state index contributed by atoms with van der Waals surface area (Å²) in [5, 5.41) is 8.37. The Morgan fingerprint density at radius 3 is 2.12 bits per heavy atom. The molecule has 2 aromatic rings. The predicted molar refractivity (Wildman–Crippen MR) is 68.6 cm³/mol. The van der Waals surface area contributed by atoms with Gasteiger partial charge in [-0.3, -0.25) is 0 Å². The third kappa shape index (κ3) is 3.36. The van der Waals surface area contributed by atoms with Crippen LogP contribution in [0.2, 0.25) is 20.4 Å². The maximum atomic E-state index is 5.84. The first-order chi connectivity index (χ1) is 8.04. The standard InChI is InChI=1S/C10H4Cl4N2O/c11-5-1-6(12)3-7(2-5)17-8-4-9(13)15-16-10(8)14/h1-4H. The molecule has 0 radical (unpaired) electrons. The second-order valence-corrected chi connectivity index (χ2v) is 4.65. The Labute approximate surface area is 117 Å². The van der Waals surface area contributed by atoms with Crippen LogP contribution in [0.1, 0.15) is 0 Å². The van der Waals surface area contributed by atoms with Crippen LogP contribution in [0.4, 0.5) is 0 Å². The average molecular weight is 310 g/mol. The van der Waals surface area contributed by atoms with Gasteiger partial charge in [-0.25, -0.2) is 0 Å². The number of benzene rings is 1. The molecule has 1 aromatic carbocycles. The van der Waals surface area contributed by atoms with Crippen LogP contribution in [0.5, 0.6) is 11.5 Å². The first kappa shape index (κ1) is 12.7. The van der Waals surface area contributed by atoms with E-state index in [-0.39, 0.29) is 16.1 Å². The lowest BCUT2D eigenvalue weighted by Gasteiger charge is -2.07. The lowest BCUT2D eigenvalue weighted by atomic mass is 10.3. The summed E-state index contributed by atoms with van der Waals surface area (Å²) in [7, 11) is 0. The average Bonchev–Trinajstić information content (AvgIpc) is 2.22. The Kier molecular flexibility index (Phi) is 3.94. The first-order valence-electron chi connectivity index (χ1n) is 4.37. The molecule has 1 heterocycles. The van der Waals surface area contributed by atoms with E-state index in [9.17, 15) is 0 Å². The third-order valence-electron chi connectivity index (χ3n) is 1.75. The second kappa shape index (κ2) is 5.27. The number of nitrogens with zero attached hydrogens (tertiary/aromatic N) is 2. The van der Waals surface area contributed by atoms with Crippen LogP contribution in [0.25, 0.3) is 0 Å². The molecule has 3 nitrogen and oxygen atoms in total. The van der Waals surface area contributed by atoms with Crippen molar-refractivity contribution < 1.29 is 4.74 Å². The van der Waals surface area contributed by atoms with Crippen molar-refractivity contribution in [2.45, 2.75) is 0 Å². The highest BCUT2D eigenvalue weighted by molar-refractivity contribution is 6.35. The molecule has 88 valence electrons. The summed E-state index contributed by atoms with van der Waals surface area (Å²) in [4.78, 5) is 0. The zero-order valence-electron chi connectivity index (χ0n) is 8.12. The van der Waals surface area contributed by atoms with Crippen LogP contribution in [-0.4, -0.2) is 10.2 Å². The molecule has 17 heavy (non-hydrogen) atoms. The molecule has 0 spiro atoms. The Bertz CT molecular complexity index is 542. The molecule has 0 saturated heterocycles. The van der Waals surface area contributed by atoms with Crippen LogP contribution < -0.4 is 4.74 Å². The monoisotopic (exact) mass is 308 g/mol. The molecule has 0 aliphatic heterocycles. The van der Waals surface area contributed by atoms with Gasteiger partial charge >= 0.3 is 0 Å². The van der Waals surface area contributed by atoms with Crippen LogP contribution in [0.3, 0.4) is 0 Å². The van der Waals surface area contributed by atoms with Gasteiger partial charge in [-0.1, -0.05) is 46.4 Å². The smallest absolute Gasteiger partial charge is 0.194 e. The van der Waals surface area contributed by atoms with Crippen molar-refractivity contribution >= 4 is 46.4 Å². The van der Waals surface area contributed by atoms with Crippen molar-refractivity contribution in [3.8, 4) is 11.5 Å². The van der Waals surface area contributed by atoms with E-state index < -0.39 is 0 Å². The predicted octanol–water partition coefficient (Wildman–Crippen LogP) is 4.88. The normalized spacial score (nSPS) is 10.4. The van der Waals surface area contributed by atoms with Gasteiger partial charge < -0.3 is 4.74 Å². The minimum Gasteiger partial charge on any atom is -0.454 e. The van der Waals surface area contributed by atoms with Crippen molar-refractivity contribution in [2.24, 2.45) is 0 Å². The van der Waals surface area contributed by atoms with E-state index in [1.807, 2.05) is 0 Å². The molecule has 1 aromatic heterocycles. The maximum Gasteiger partial charge on any atom is 0.194 e. The summed E-state index contributed by atoms with van der Waals surface area (Å²) >= 11 is 23.2. The molecule has 0 saturated carbocycles. The van der Waals surface area contributed by atoms with Crippen molar-refractivity contribution in [1.29, 1.82) is 0 Å². The van der Waals surface area contributed by atoms with Gasteiger partial charge in [0.1, 0.15) is 5.75 Å². The topological polar surface area (TPSA) is 35.0 Å². The fourth-order valence-corrected chi connectivity index (χ4v) is 1.90. The Morgan fingerprint density at radius 1 is 0.824 bits per heavy atom. The van der Waals surface area contributed by atoms with Crippen LogP contribution in [-0.2, 0) is 0 Å². The summed E-state index contributed by atoms with van der Waals surface area (Å²) in [5.41, 5.74) is 0. The van der Waals surface area contributed by atoms with Crippen molar-refractivity contribution in [2.75, 3.05) is 0 Å². The fourth-order valence-electron chi connectivity index (χ4n) is 1.12. The van der Waals surface area contributed by atoms with E-state index in [1.54, 1.807) is 18.2 Å². The zero-order valence-corrected chi connectivity index (χ0v) is 11.1. The van der Waals surface area contributed by atoms with Gasteiger partial charge in [0.15, 0.2) is 16.1 Å². The molecule has 0 amide bonds. The fraction of sp³-hybridized carbons (Fsp3) is 0. The van der Waals surface area contributed by atoms with Gasteiger partial charge in [-0.15, -0.1) is 10.2 Å². The molecule has 0 fully saturated rings. The third-order valence-corrected chi connectivity index (χ3v) is 2.63. The lowest BCUT2D eigenvalue weighted by molar-refractivity contribution is 0.479. The van der Waals surface area contributed by atoms with Gasteiger partial charge in [-0.2, -0.15) is 0 Å². The number of hydrogen-bond donors (Lipinski definition) is 0. The van der Waals surface area contributed by atoms with Crippen molar-refractivity contribution in [3.63, 3.8) is 0 Å². The van der Waals surface area contributed by atoms with Crippen molar-refractivity contribution in [1.82, 2.24) is 10.2 Å². The van der Waals surface area contributed by atoms with Crippen LogP contribution in [0.15, 0.2) is 24.3 Å². The molecular formula is C10H4Cl4N2O. The molecule has 0 aliphatic rings. The van der Waals surface area contributed by atoms with E-state index in [0.717, 1.165) is 0 Å². The van der Waals surface area contributed by atoms with Crippen LogP contribution >= 0.6 is 46.4 Å². The van der Waals surface area contributed by atoms with E-state index in [4.69, 9.17) is 51.1 Å². The summed E-state index contributed by atoms with van der Waals surface area (Å²) in [6.45, 7) is 0. The van der Waals surface area contributed by atoms with Gasteiger partial charge in [-0.05, 0) is 18.2 Å². The summed E-state index contributed by atoms with van der Waals surface area (Å²) < 4.78 is 5.46. The molecule has 0 unspecified atom stereocenters. The van der Waals surface area contributed by atoms with Gasteiger partial charge in [0.25, 0.3) is 0 Å². The highest BCUT2D eigenvalue weighted by Gasteiger charge is 2.08. The molecular weight excluding hydrogens is 306 g/mol. The molecule has 0 aliphatic carbocycles. The number of rotatable bonds is 2. The molecule has 2 rings (SSSR count). The Balaban J connectivity index is 2.34. The second-order valence-electron chi connectivity index (χ2n) is 3.03. The zero-order chi connectivity index (χ0) is 12.4. The largest absolute Gasteiger partial charge is 0.454 e. The minimum absolute atomic E-state index is 0.102. The Morgan fingerprint density at radius 2 is 1.47 bits per heavy atom. The van der Waals surface area contributed by atoms with E-state index in [0.29, 0.717) is 15.8 Å². The Hall–Kier alpha value is -0.740. The quantitative estimate of drug-likeness (QED) is 0.792. The number of aromatic nitrogens is 2. The minimum atomic E-state index is 0.102. The van der Waals surface area contributed by atoms with Gasteiger partial charge in [0, 0.05) is 16.1 Å². The molecule has 0 atom stereocenters. The highest BCUT2D eigenvalue weighted by atomic mass is 35.5. The maximum absolute atomic E-state index is 5.84. The van der Waals surface area contributed by atoms with E-state index in [1.165, 1.54) is 6.07 Å². The molecule has 0 bridgehead atoms. The highest BCUT2D eigenvalue weighted by Crippen LogP contribution is 2.32. The molecule has 0 N–H and O–H groups in total. The summed E-state index contributed by atoms with van der Waals surface area (Å²) in [6, 6.07) is 6.23. The summed E-state index contributed by atoms with van der Waals surface area (Å²) in [5.74, 6) is 0.721. The number of hydrogen-bond acceptors (Lipinski definition) is 3. The summed E-state index contributed by atoms with van der Waals surface area (Å²) in [6.07, 6.45) is 0. The van der Waals surface area contributed by atoms with Gasteiger partial charge in [0.05, 0.1) is 0 Å². The first-order valence-corrected chi connectivity index (χ1v) is 5.88. The van der Waals surface area contributed by atoms with E-state index in [2.05, 4.69) is 10.2 Å². The number of ether oxygens (including phenoxy) is 1. The van der Waals surface area contributed by atoms with Crippen molar-refractivity contribution in [3.05, 3.63) is 44.6 Å². The lowest BCUT2D eigenvalue weighted by Crippen LogP contribution is -1.90. The van der Waals surface area contributed by atoms with Gasteiger partial charge in [0.2, 0.25) is 0 Å². The van der Waals surface area contributed by atoms with E-state index >= 15 is 0 Å². The van der Waals surface area contributed by atoms with Crippen LogP contribution in [0, 0.1) is 0 Å². The SMILES string of the molecule is Clc1cc(Cl)cc(Oc2cc(Cl)nnc2Cl)c1. The number of halogens is 4. The molecule has 7 heteroatoms.